The highest BCUT2D eigenvalue weighted by Gasteiger charge is 2.16. The van der Waals surface area contributed by atoms with Crippen LogP contribution in [0.3, 0.4) is 0 Å². The van der Waals surface area contributed by atoms with Crippen molar-refractivity contribution in [2.24, 2.45) is 7.05 Å². The van der Waals surface area contributed by atoms with Crippen molar-refractivity contribution in [3.63, 3.8) is 0 Å². The van der Waals surface area contributed by atoms with Crippen LogP contribution in [0.2, 0.25) is 0 Å². The highest BCUT2D eigenvalue weighted by atomic mass is 127. The van der Waals surface area contributed by atoms with Crippen molar-refractivity contribution in [2.45, 2.75) is 12.5 Å². The molecule has 1 unspecified atom stereocenters. The van der Waals surface area contributed by atoms with Gasteiger partial charge in [0.2, 0.25) is 0 Å². The number of rotatable bonds is 3. The molecule has 4 heteroatoms. The molecule has 0 bridgehead atoms. The minimum absolute atomic E-state index is 0.526. The lowest BCUT2D eigenvalue weighted by atomic mass is 10.0. The summed E-state index contributed by atoms with van der Waals surface area (Å²) in [6, 6.07) is 16.0. The second-order valence-corrected chi connectivity index (χ2v) is 5.99. The number of hydrogen-bond donors (Lipinski definition) is 1. The Bertz CT molecular complexity index is 751. The average molecular weight is 378 g/mol. The van der Waals surface area contributed by atoms with Gasteiger partial charge in [0.25, 0.3) is 0 Å². The average Bonchev–Trinajstić information content (AvgIpc) is 2.76. The number of nitrogens with zero attached hydrogens (tertiary/aromatic N) is 2. The van der Waals surface area contributed by atoms with Gasteiger partial charge in [0.15, 0.2) is 0 Å². The van der Waals surface area contributed by atoms with Crippen molar-refractivity contribution in [3.05, 3.63) is 63.4 Å². The van der Waals surface area contributed by atoms with E-state index >= 15 is 0 Å². The zero-order valence-corrected chi connectivity index (χ0v) is 13.3. The standard InChI is InChI=1S/C16H15IN2O/c1-19-15-9-5-3-7-12(15)14(18-19)10-16(20)11-6-2-4-8-13(11)17/h2-9,16,20H,10H2,1H3. The first-order valence-electron chi connectivity index (χ1n) is 6.50. The van der Waals surface area contributed by atoms with Gasteiger partial charge in [-0.2, -0.15) is 5.10 Å². The summed E-state index contributed by atoms with van der Waals surface area (Å²) in [5, 5.41) is 16.1. The van der Waals surface area contributed by atoms with Crippen molar-refractivity contribution in [2.75, 3.05) is 0 Å². The number of hydrogen-bond acceptors (Lipinski definition) is 2. The molecule has 0 radical (unpaired) electrons. The van der Waals surface area contributed by atoms with E-state index in [-0.39, 0.29) is 0 Å². The highest BCUT2D eigenvalue weighted by Crippen LogP contribution is 2.26. The fraction of sp³-hybridized carbons (Fsp3) is 0.188. The number of aliphatic hydroxyl groups is 1. The lowest BCUT2D eigenvalue weighted by Crippen LogP contribution is -2.05. The van der Waals surface area contributed by atoms with Crippen molar-refractivity contribution in [1.29, 1.82) is 0 Å². The molecule has 1 atom stereocenters. The second kappa shape index (κ2) is 5.54. The fourth-order valence-corrected chi connectivity index (χ4v) is 3.22. The molecule has 3 nitrogen and oxygen atoms in total. The molecule has 0 aliphatic carbocycles. The Morgan fingerprint density at radius 3 is 2.65 bits per heavy atom. The van der Waals surface area contributed by atoms with Crippen LogP contribution in [0.5, 0.6) is 0 Å². The molecule has 20 heavy (non-hydrogen) atoms. The van der Waals surface area contributed by atoms with Crippen molar-refractivity contribution < 1.29 is 5.11 Å². The third kappa shape index (κ3) is 2.45. The van der Waals surface area contributed by atoms with Crippen LogP contribution in [0.25, 0.3) is 10.9 Å². The van der Waals surface area contributed by atoms with Gasteiger partial charge in [0.1, 0.15) is 0 Å². The zero-order chi connectivity index (χ0) is 14.1. The van der Waals surface area contributed by atoms with E-state index in [1.807, 2.05) is 54.2 Å². The Labute approximate surface area is 131 Å². The first-order valence-corrected chi connectivity index (χ1v) is 7.58. The molecule has 1 N–H and O–H groups in total. The molecule has 3 aromatic rings. The lowest BCUT2D eigenvalue weighted by molar-refractivity contribution is 0.176. The molecule has 0 amide bonds. The van der Waals surface area contributed by atoms with Gasteiger partial charge in [0, 0.05) is 22.4 Å². The summed E-state index contributed by atoms with van der Waals surface area (Å²) in [5.74, 6) is 0. The predicted molar refractivity (Wildman–Crippen MR) is 88.5 cm³/mol. The van der Waals surface area contributed by atoms with Gasteiger partial charge in [-0.25, -0.2) is 0 Å². The maximum atomic E-state index is 10.5. The Hall–Kier alpha value is -1.40. The van der Waals surface area contributed by atoms with Crippen LogP contribution >= 0.6 is 22.6 Å². The monoisotopic (exact) mass is 378 g/mol. The van der Waals surface area contributed by atoms with E-state index in [1.165, 1.54) is 0 Å². The molecule has 2 aromatic carbocycles. The fourth-order valence-electron chi connectivity index (χ4n) is 2.48. The molecule has 1 aromatic heterocycles. The molecule has 0 saturated heterocycles. The molecule has 0 spiro atoms. The van der Waals surface area contributed by atoms with Crippen molar-refractivity contribution >= 4 is 33.5 Å². The van der Waals surface area contributed by atoms with E-state index in [0.29, 0.717) is 6.42 Å². The number of fused-ring (bicyclic) bond motifs is 1. The lowest BCUT2D eigenvalue weighted by Gasteiger charge is -2.11. The molecule has 0 fully saturated rings. The number of aryl methyl sites for hydroxylation is 1. The molecule has 1 heterocycles. The highest BCUT2D eigenvalue weighted by molar-refractivity contribution is 14.1. The van der Waals surface area contributed by atoms with Crippen molar-refractivity contribution in [3.8, 4) is 0 Å². The smallest absolute Gasteiger partial charge is 0.0856 e. The zero-order valence-electron chi connectivity index (χ0n) is 11.1. The normalized spacial score (nSPS) is 12.8. The SMILES string of the molecule is Cn1nc(CC(O)c2ccccc2I)c2ccccc21. The topological polar surface area (TPSA) is 38.0 Å². The minimum Gasteiger partial charge on any atom is -0.388 e. The van der Waals surface area contributed by atoms with Crippen LogP contribution in [-0.2, 0) is 13.5 Å². The summed E-state index contributed by atoms with van der Waals surface area (Å²) in [6.07, 6.45) is 0.00266. The van der Waals surface area contributed by atoms with Crippen LogP contribution in [-0.4, -0.2) is 14.9 Å². The predicted octanol–water partition coefficient (Wildman–Crippen LogP) is 3.45. The van der Waals surface area contributed by atoms with E-state index in [1.54, 1.807) is 0 Å². The van der Waals surface area contributed by atoms with Gasteiger partial charge in [-0.3, -0.25) is 4.68 Å². The number of aromatic nitrogens is 2. The largest absolute Gasteiger partial charge is 0.388 e. The summed E-state index contributed by atoms with van der Waals surface area (Å²) in [4.78, 5) is 0. The number of aliphatic hydroxyl groups excluding tert-OH is 1. The third-order valence-electron chi connectivity index (χ3n) is 3.49. The van der Waals surface area contributed by atoms with Gasteiger partial charge < -0.3 is 5.11 Å². The van der Waals surface area contributed by atoms with Crippen LogP contribution in [0.4, 0.5) is 0 Å². The minimum atomic E-state index is -0.526. The summed E-state index contributed by atoms with van der Waals surface area (Å²) in [6.45, 7) is 0. The van der Waals surface area contributed by atoms with Gasteiger partial charge in [-0.15, -0.1) is 0 Å². The van der Waals surface area contributed by atoms with Crippen LogP contribution in [0, 0.1) is 3.57 Å². The Morgan fingerprint density at radius 1 is 1.15 bits per heavy atom. The van der Waals surface area contributed by atoms with E-state index in [4.69, 9.17) is 0 Å². The van der Waals surface area contributed by atoms with Gasteiger partial charge in [0.05, 0.1) is 17.3 Å². The maximum Gasteiger partial charge on any atom is 0.0856 e. The Balaban J connectivity index is 1.96. The molecule has 0 aliphatic rings. The first-order chi connectivity index (χ1) is 9.66. The number of para-hydroxylation sites is 1. The van der Waals surface area contributed by atoms with Crippen LogP contribution in [0.15, 0.2) is 48.5 Å². The maximum absolute atomic E-state index is 10.5. The van der Waals surface area contributed by atoms with Gasteiger partial charge in [-0.1, -0.05) is 36.4 Å². The van der Waals surface area contributed by atoms with Gasteiger partial charge >= 0.3 is 0 Å². The molecule has 102 valence electrons. The van der Waals surface area contributed by atoms with Gasteiger partial charge in [-0.05, 0) is 40.3 Å². The molecule has 0 saturated carbocycles. The first kappa shape index (κ1) is 13.6. The summed E-state index contributed by atoms with van der Waals surface area (Å²) in [7, 11) is 1.94. The summed E-state index contributed by atoms with van der Waals surface area (Å²) >= 11 is 2.26. The molecular weight excluding hydrogens is 363 g/mol. The molecule has 0 aliphatic heterocycles. The van der Waals surface area contributed by atoms with E-state index in [0.717, 1.165) is 25.7 Å². The third-order valence-corrected chi connectivity index (χ3v) is 4.47. The Kier molecular flexibility index (Phi) is 3.76. The van der Waals surface area contributed by atoms with Crippen LogP contribution < -0.4 is 0 Å². The molecular formula is C16H15IN2O. The van der Waals surface area contributed by atoms with E-state index in [9.17, 15) is 5.11 Å². The number of benzene rings is 2. The summed E-state index contributed by atoms with van der Waals surface area (Å²) in [5.41, 5.74) is 3.00. The Morgan fingerprint density at radius 2 is 1.85 bits per heavy atom. The van der Waals surface area contributed by atoms with Crippen LogP contribution in [0.1, 0.15) is 17.4 Å². The number of halogens is 1. The van der Waals surface area contributed by atoms with E-state index < -0.39 is 6.10 Å². The molecule has 3 rings (SSSR count). The summed E-state index contributed by atoms with van der Waals surface area (Å²) < 4.78 is 2.95. The quantitative estimate of drug-likeness (QED) is 0.709. The van der Waals surface area contributed by atoms with Crippen molar-refractivity contribution in [1.82, 2.24) is 9.78 Å². The second-order valence-electron chi connectivity index (χ2n) is 4.83. The van der Waals surface area contributed by atoms with E-state index in [2.05, 4.69) is 33.8 Å².